The molecule has 3 heteroatoms. The van der Waals surface area contributed by atoms with Gasteiger partial charge in [-0.25, -0.2) is 4.79 Å². The Morgan fingerprint density at radius 3 is 2.71 bits per heavy atom. The molecule has 0 radical (unpaired) electrons. The molecule has 14 heavy (non-hydrogen) atoms. The number of unbranched alkanes of at least 4 members (excludes halogenated alkanes) is 3. The van der Waals surface area contributed by atoms with Gasteiger partial charge in [-0.3, -0.25) is 0 Å². The number of rotatable bonds is 7. The molecule has 0 aliphatic carbocycles. The minimum absolute atomic E-state index is 0.0597. The third-order valence-corrected chi connectivity index (χ3v) is 1.99. The van der Waals surface area contributed by atoms with Crippen molar-refractivity contribution in [1.29, 1.82) is 0 Å². The molecule has 0 amide bonds. The molecule has 82 valence electrons. The second-order valence-electron chi connectivity index (χ2n) is 3.41. The van der Waals surface area contributed by atoms with Gasteiger partial charge in [0.1, 0.15) is 0 Å². The van der Waals surface area contributed by atoms with E-state index in [0.717, 1.165) is 18.9 Å². The lowest BCUT2D eigenvalue weighted by Gasteiger charge is -2.10. The molecule has 0 bridgehead atoms. The topological polar surface area (TPSA) is 46.5 Å². The van der Waals surface area contributed by atoms with Gasteiger partial charge in [-0.1, -0.05) is 26.2 Å². The summed E-state index contributed by atoms with van der Waals surface area (Å²) in [6.07, 6.45) is 7.27. The van der Waals surface area contributed by atoms with Crippen LogP contribution in [0.1, 0.15) is 46.0 Å². The molecule has 0 fully saturated rings. The Morgan fingerprint density at radius 2 is 2.14 bits per heavy atom. The monoisotopic (exact) mass is 200 g/mol. The summed E-state index contributed by atoms with van der Waals surface area (Å²) in [5, 5.41) is 8.31. The molecule has 1 unspecified atom stereocenters. The second kappa shape index (κ2) is 8.60. The molecule has 0 aromatic carbocycles. The number of carbonyl (C=O) groups excluding carboxylic acids is 1. The highest BCUT2D eigenvalue weighted by molar-refractivity contribution is 5.81. The van der Waals surface area contributed by atoms with E-state index >= 15 is 0 Å². The average Bonchev–Trinajstić information content (AvgIpc) is 2.13. The summed E-state index contributed by atoms with van der Waals surface area (Å²) in [5.41, 5.74) is 0. The van der Waals surface area contributed by atoms with Crippen molar-refractivity contribution in [2.45, 2.75) is 52.1 Å². The van der Waals surface area contributed by atoms with E-state index < -0.39 is 5.97 Å². The fraction of sp³-hybridized carbons (Fsp3) is 0.727. The fourth-order valence-corrected chi connectivity index (χ4v) is 1.22. The normalized spacial score (nSPS) is 13.0. The zero-order valence-electron chi connectivity index (χ0n) is 9.03. The van der Waals surface area contributed by atoms with Gasteiger partial charge >= 0.3 is 5.97 Å². The molecule has 0 rings (SSSR count). The van der Waals surface area contributed by atoms with Gasteiger partial charge in [0.25, 0.3) is 0 Å². The maximum absolute atomic E-state index is 10.9. The molecule has 3 nitrogen and oxygen atoms in total. The molecule has 0 aromatic rings. The van der Waals surface area contributed by atoms with Crippen molar-refractivity contribution < 1.29 is 14.6 Å². The second-order valence-corrected chi connectivity index (χ2v) is 3.41. The summed E-state index contributed by atoms with van der Waals surface area (Å²) in [7, 11) is 0. The lowest BCUT2D eigenvalue weighted by molar-refractivity contribution is -0.142. The van der Waals surface area contributed by atoms with Crippen molar-refractivity contribution in [2.75, 3.05) is 0 Å². The van der Waals surface area contributed by atoms with Crippen LogP contribution < -0.4 is 0 Å². The average molecular weight is 200 g/mol. The molecule has 0 aliphatic heterocycles. The number of hydrogen-bond acceptors (Lipinski definition) is 3. The van der Waals surface area contributed by atoms with Crippen LogP contribution in [-0.4, -0.2) is 17.2 Å². The fourth-order valence-electron chi connectivity index (χ4n) is 1.22. The number of hydrogen-bond donors (Lipinski definition) is 1. The maximum Gasteiger partial charge on any atom is 0.334 e. The van der Waals surface area contributed by atoms with Crippen molar-refractivity contribution >= 4 is 5.97 Å². The van der Waals surface area contributed by atoms with E-state index in [9.17, 15) is 4.79 Å². The number of carbonyl (C=O) groups is 1. The summed E-state index contributed by atoms with van der Waals surface area (Å²) in [5.74, 6) is -0.476. The van der Waals surface area contributed by atoms with Crippen LogP contribution in [0.25, 0.3) is 0 Å². The molecule has 0 saturated carbocycles. The Bertz CT molecular complexity index is 175. The van der Waals surface area contributed by atoms with Crippen LogP contribution in [0.4, 0.5) is 0 Å². The van der Waals surface area contributed by atoms with Gasteiger partial charge in [-0.2, -0.15) is 0 Å². The summed E-state index contributed by atoms with van der Waals surface area (Å²) in [6.45, 7) is 4.03. The van der Waals surface area contributed by atoms with Gasteiger partial charge in [0.05, 0.1) is 18.4 Å². The van der Waals surface area contributed by atoms with Crippen molar-refractivity contribution in [1.82, 2.24) is 0 Å². The Labute approximate surface area is 85.8 Å². The zero-order valence-corrected chi connectivity index (χ0v) is 9.03. The quantitative estimate of drug-likeness (QED) is 0.297. The van der Waals surface area contributed by atoms with Crippen LogP contribution in [0, 0.1) is 0 Å². The van der Waals surface area contributed by atoms with E-state index in [0.29, 0.717) is 6.26 Å². The molecule has 0 saturated heterocycles. The van der Waals surface area contributed by atoms with E-state index in [4.69, 9.17) is 9.84 Å². The minimum atomic E-state index is -0.476. The SMILES string of the molecule is CCCCCCC(C)OC(=O)C=CO. The van der Waals surface area contributed by atoms with Crippen LogP contribution in [0.15, 0.2) is 12.3 Å². The van der Waals surface area contributed by atoms with Crippen LogP contribution in [0.2, 0.25) is 0 Å². The largest absolute Gasteiger partial charge is 0.515 e. The first-order chi connectivity index (χ1) is 6.70. The third-order valence-electron chi connectivity index (χ3n) is 1.99. The Hall–Kier alpha value is -0.990. The standard InChI is InChI=1S/C11H20O3/c1-3-4-5-6-7-10(2)14-11(13)8-9-12/h8-10,12H,3-7H2,1-2H3. The molecule has 0 aliphatic rings. The molecule has 1 N–H and O–H groups in total. The third kappa shape index (κ3) is 7.65. The first-order valence-corrected chi connectivity index (χ1v) is 5.22. The lowest BCUT2D eigenvalue weighted by Crippen LogP contribution is -2.12. The minimum Gasteiger partial charge on any atom is -0.515 e. The van der Waals surface area contributed by atoms with Gasteiger partial charge in [-0.15, -0.1) is 0 Å². The van der Waals surface area contributed by atoms with Gasteiger partial charge in [0.15, 0.2) is 0 Å². The van der Waals surface area contributed by atoms with Gasteiger partial charge in [0.2, 0.25) is 0 Å². The van der Waals surface area contributed by atoms with E-state index in [1.54, 1.807) is 0 Å². The first-order valence-electron chi connectivity index (χ1n) is 5.22. The highest BCUT2D eigenvalue weighted by Crippen LogP contribution is 2.07. The Kier molecular flexibility index (Phi) is 7.99. The van der Waals surface area contributed by atoms with Crippen LogP contribution in [-0.2, 0) is 9.53 Å². The lowest BCUT2D eigenvalue weighted by atomic mass is 10.1. The summed E-state index contributed by atoms with van der Waals surface area (Å²) >= 11 is 0. The number of ether oxygens (including phenoxy) is 1. The Balaban J connectivity index is 3.44. The molecule has 0 heterocycles. The van der Waals surface area contributed by atoms with Crippen molar-refractivity contribution in [2.24, 2.45) is 0 Å². The number of aliphatic hydroxyl groups is 1. The maximum atomic E-state index is 10.9. The number of aliphatic hydroxyl groups excluding tert-OH is 1. The summed E-state index contributed by atoms with van der Waals surface area (Å²) < 4.78 is 4.99. The Morgan fingerprint density at radius 1 is 1.43 bits per heavy atom. The van der Waals surface area contributed by atoms with Gasteiger partial charge < -0.3 is 9.84 Å². The first kappa shape index (κ1) is 13.0. The predicted octanol–water partition coefficient (Wildman–Crippen LogP) is 2.96. The van der Waals surface area contributed by atoms with E-state index in [-0.39, 0.29) is 6.10 Å². The van der Waals surface area contributed by atoms with Crippen LogP contribution in [0.3, 0.4) is 0 Å². The number of esters is 1. The van der Waals surface area contributed by atoms with Crippen molar-refractivity contribution in [3.05, 3.63) is 12.3 Å². The van der Waals surface area contributed by atoms with E-state index in [2.05, 4.69) is 6.92 Å². The van der Waals surface area contributed by atoms with E-state index in [1.807, 2.05) is 6.92 Å². The molecule has 0 spiro atoms. The van der Waals surface area contributed by atoms with Crippen molar-refractivity contribution in [3.63, 3.8) is 0 Å². The van der Waals surface area contributed by atoms with Gasteiger partial charge in [0, 0.05) is 0 Å². The van der Waals surface area contributed by atoms with Gasteiger partial charge in [-0.05, 0) is 19.8 Å². The summed E-state index contributed by atoms with van der Waals surface area (Å²) in [6, 6.07) is 0. The van der Waals surface area contributed by atoms with Crippen LogP contribution >= 0.6 is 0 Å². The van der Waals surface area contributed by atoms with E-state index in [1.165, 1.54) is 19.3 Å². The molecular formula is C11H20O3. The van der Waals surface area contributed by atoms with Crippen molar-refractivity contribution in [3.8, 4) is 0 Å². The molecule has 1 atom stereocenters. The van der Waals surface area contributed by atoms with Crippen LogP contribution in [0.5, 0.6) is 0 Å². The highest BCUT2D eigenvalue weighted by Gasteiger charge is 2.05. The molecule has 0 aromatic heterocycles. The highest BCUT2D eigenvalue weighted by atomic mass is 16.5. The summed E-state index contributed by atoms with van der Waals surface area (Å²) in [4.78, 5) is 10.9. The predicted molar refractivity (Wildman–Crippen MR) is 56.1 cm³/mol. The molecular weight excluding hydrogens is 180 g/mol. The zero-order chi connectivity index (χ0) is 10.8. The smallest absolute Gasteiger partial charge is 0.334 e.